The third-order valence-corrected chi connectivity index (χ3v) is 4.32. The topological polar surface area (TPSA) is 84.4 Å². The Labute approximate surface area is 122 Å². The molecule has 1 aromatic carbocycles. The van der Waals surface area contributed by atoms with Crippen LogP contribution in [0.3, 0.4) is 0 Å². The van der Waals surface area contributed by atoms with Crippen molar-refractivity contribution < 1.29 is 0 Å². The van der Waals surface area contributed by atoms with Crippen molar-refractivity contribution in [1.29, 1.82) is 0 Å². The first-order valence-corrected chi connectivity index (χ1v) is 7.13. The zero-order valence-electron chi connectivity index (χ0n) is 11.0. The maximum Gasteiger partial charge on any atom is 0.285 e. The maximum absolute atomic E-state index is 11.8. The van der Waals surface area contributed by atoms with Crippen molar-refractivity contribution >= 4 is 31.8 Å². The number of benzene rings is 1. The Kier molecular flexibility index (Phi) is 2.55. The molecule has 0 saturated heterocycles. The lowest BCUT2D eigenvalue weighted by Crippen LogP contribution is -2.07. The average molecular weight is 295 g/mol. The zero-order valence-corrected chi connectivity index (χ0v) is 11.8. The molecule has 6 nitrogen and oxygen atoms in total. The molecule has 102 valence electrons. The number of nitrogens with one attached hydrogen (secondary N) is 1. The van der Waals surface area contributed by atoms with E-state index < -0.39 is 0 Å². The fourth-order valence-corrected chi connectivity index (χ4v) is 3.34. The van der Waals surface area contributed by atoms with Crippen LogP contribution in [0.25, 0.3) is 31.8 Å². The predicted molar refractivity (Wildman–Crippen MR) is 81.3 cm³/mol. The van der Waals surface area contributed by atoms with Crippen molar-refractivity contribution in [3.63, 3.8) is 0 Å². The summed E-state index contributed by atoms with van der Waals surface area (Å²) in [5.41, 5.74) is 2.06. The molecule has 21 heavy (non-hydrogen) atoms. The number of hydrogen-bond donors (Lipinski definition) is 1. The van der Waals surface area contributed by atoms with E-state index in [1.807, 2.05) is 37.3 Å². The predicted octanol–water partition coefficient (Wildman–Crippen LogP) is 2.30. The van der Waals surface area contributed by atoms with Crippen molar-refractivity contribution in [2.75, 3.05) is 0 Å². The van der Waals surface area contributed by atoms with Gasteiger partial charge in [0.2, 0.25) is 0 Å². The summed E-state index contributed by atoms with van der Waals surface area (Å²) in [6, 6.07) is 9.75. The smallest absolute Gasteiger partial charge is 0.266 e. The number of aromatic amines is 1. The number of aromatic nitrogens is 5. The molecule has 0 radical (unpaired) electrons. The highest BCUT2D eigenvalue weighted by Crippen LogP contribution is 2.31. The third kappa shape index (κ3) is 1.82. The van der Waals surface area contributed by atoms with E-state index in [2.05, 4.69) is 25.4 Å². The van der Waals surface area contributed by atoms with Gasteiger partial charge in [-0.1, -0.05) is 35.5 Å². The van der Waals surface area contributed by atoms with E-state index in [1.165, 1.54) is 11.3 Å². The number of H-pyrrole nitrogens is 1. The second-order valence-electron chi connectivity index (χ2n) is 4.60. The first-order chi connectivity index (χ1) is 10.2. The second-order valence-corrected chi connectivity index (χ2v) is 5.60. The van der Waals surface area contributed by atoms with Crippen LogP contribution in [0.5, 0.6) is 0 Å². The van der Waals surface area contributed by atoms with Crippen LogP contribution in [-0.4, -0.2) is 25.4 Å². The molecule has 1 N–H and O–H groups in total. The third-order valence-electron chi connectivity index (χ3n) is 3.25. The van der Waals surface area contributed by atoms with Gasteiger partial charge in [0.15, 0.2) is 5.82 Å². The minimum atomic E-state index is -0.247. The van der Waals surface area contributed by atoms with Crippen molar-refractivity contribution in [2.24, 2.45) is 0 Å². The van der Waals surface area contributed by atoms with Crippen molar-refractivity contribution in [2.45, 2.75) is 6.92 Å². The molecule has 0 spiro atoms. The summed E-state index contributed by atoms with van der Waals surface area (Å²) >= 11 is 1.31. The molecule has 0 amide bonds. The van der Waals surface area contributed by atoms with Gasteiger partial charge in [-0.25, -0.2) is 15.1 Å². The van der Waals surface area contributed by atoms with Crippen LogP contribution in [0, 0.1) is 6.92 Å². The van der Waals surface area contributed by atoms with Gasteiger partial charge in [-0.05, 0) is 6.92 Å². The first kappa shape index (κ1) is 12.1. The summed E-state index contributed by atoms with van der Waals surface area (Å²) in [7, 11) is 0. The molecule has 0 fully saturated rings. The van der Waals surface area contributed by atoms with Crippen LogP contribution in [0.4, 0.5) is 0 Å². The molecule has 3 heterocycles. The summed E-state index contributed by atoms with van der Waals surface area (Å²) in [6.45, 7) is 1.89. The molecule has 0 bridgehead atoms. The van der Waals surface area contributed by atoms with E-state index >= 15 is 0 Å². The number of thiophene rings is 1. The summed E-state index contributed by atoms with van der Waals surface area (Å²) in [5, 5.41) is 10.8. The highest BCUT2D eigenvalue weighted by Gasteiger charge is 2.15. The highest BCUT2D eigenvalue weighted by atomic mass is 32.1. The standard InChI is InChI=1S/C14H9N5OS/c1-7-9-10-11(13(20)18-19-17-10)21-14(9)16-12(15-7)8-5-3-2-4-6-8/h2-6H,1H3,(H,17,18,20). The number of nitrogens with zero attached hydrogens (tertiary/aromatic N) is 4. The Balaban J connectivity index is 2.10. The summed E-state index contributed by atoms with van der Waals surface area (Å²) in [5.74, 6) is 0.650. The SMILES string of the molecule is Cc1nc(-c2ccccc2)nc2sc3c(=O)[nH]nnc3c12. The van der Waals surface area contributed by atoms with Gasteiger partial charge in [0.25, 0.3) is 5.56 Å². The van der Waals surface area contributed by atoms with Gasteiger partial charge in [0, 0.05) is 5.56 Å². The van der Waals surface area contributed by atoms with Crippen LogP contribution < -0.4 is 5.56 Å². The quantitative estimate of drug-likeness (QED) is 0.582. The Hall–Kier alpha value is -2.67. The minimum Gasteiger partial charge on any atom is -0.266 e. The summed E-state index contributed by atoms with van der Waals surface area (Å²) < 4.78 is 0.530. The fourth-order valence-electron chi connectivity index (χ4n) is 2.29. The number of fused-ring (bicyclic) bond motifs is 3. The Morgan fingerprint density at radius 3 is 2.76 bits per heavy atom. The molecule has 7 heteroatoms. The van der Waals surface area contributed by atoms with Crippen LogP contribution in [0.1, 0.15) is 5.69 Å². The molecule has 0 unspecified atom stereocenters. The molecule has 4 aromatic rings. The van der Waals surface area contributed by atoms with Gasteiger partial charge in [-0.2, -0.15) is 0 Å². The molecule has 0 atom stereocenters. The molecular weight excluding hydrogens is 286 g/mol. The van der Waals surface area contributed by atoms with Gasteiger partial charge in [0.05, 0.1) is 11.1 Å². The van der Waals surface area contributed by atoms with Crippen LogP contribution in [0.2, 0.25) is 0 Å². The molecular formula is C14H9N5OS. The molecule has 3 aromatic heterocycles. The molecule has 0 saturated carbocycles. The molecule has 0 aliphatic carbocycles. The van der Waals surface area contributed by atoms with Crippen molar-refractivity contribution in [3.05, 3.63) is 46.4 Å². The summed E-state index contributed by atoms with van der Waals surface area (Å²) in [6.07, 6.45) is 0. The van der Waals surface area contributed by atoms with Gasteiger partial charge in [-0.3, -0.25) is 4.79 Å². The van der Waals surface area contributed by atoms with Gasteiger partial charge < -0.3 is 0 Å². The van der Waals surface area contributed by atoms with E-state index in [0.717, 1.165) is 21.5 Å². The van der Waals surface area contributed by atoms with E-state index in [4.69, 9.17) is 0 Å². The Bertz CT molecular complexity index is 1020. The van der Waals surface area contributed by atoms with Gasteiger partial charge in [-0.15, -0.1) is 16.4 Å². The number of aryl methyl sites for hydroxylation is 1. The molecule has 0 aliphatic rings. The maximum atomic E-state index is 11.8. The van der Waals surface area contributed by atoms with Crippen LogP contribution in [-0.2, 0) is 0 Å². The van der Waals surface area contributed by atoms with Crippen molar-refractivity contribution in [1.82, 2.24) is 25.4 Å². The van der Waals surface area contributed by atoms with E-state index in [9.17, 15) is 4.79 Å². The van der Waals surface area contributed by atoms with E-state index in [0.29, 0.717) is 16.0 Å². The minimum absolute atomic E-state index is 0.247. The number of rotatable bonds is 1. The van der Waals surface area contributed by atoms with E-state index in [-0.39, 0.29) is 5.56 Å². The zero-order chi connectivity index (χ0) is 14.4. The van der Waals surface area contributed by atoms with Crippen LogP contribution in [0.15, 0.2) is 35.1 Å². The molecule has 0 aliphatic heterocycles. The lowest BCUT2D eigenvalue weighted by Gasteiger charge is -2.02. The number of hydrogen-bond acceptors (Lipinski definition) is 6. The molecule has 4 rings (SSSR count). The Morgan fingerprint density at radius 1 is 1.14 bits per heavy atom. The van der Waals surface area contributed by atoms with Gasteiger partial charge >= 0.3 is 0 Å². The first-order valence-electron chi connectivity index (χ1n) is 6.31. The summed E-state index contributed by atoms with van der Waals surface area (Å²) in [4.78, 5) is 21.7. The van der Waals surface area contributed by atoms with Crippen molar-refractivity contribution in [3.8, 4) is 11.4 Å². The fraction of sp³-hybridized carbons (Fsp3) is 0.0714. The van der Waals surface area contributed by atoms with Crippen LogP contribution >= 0.6 is 11.3 Å². The van der Waals surface area contributed by atoms with E-state index in [1.54, 1.807) is 0 Å². The second kappa shape index (κ2) is 4.42. The monoisotopic (exact) mass is 295 g/mol. The largest absolute Gasteiger partial charge is 0.285 e. The lowest BCUT2D eigenvalue weighted by atomic mass is 10.2. The Morgan fingerprint density at radius 2 is 1.95 bits per heavy atom. The lowest BCUT2D eigenvalue weighted by molar-refractivity contribution is 0.876. The normalized spacial score (nSPS) is 11.3. The highest BCUT2D eigenvalue weighted by molar-refractivity contribution is 7.25. The average Bonchev–Trinajstić information content (AvgIpc) is 2.89. The van der Waals surface area contributed by atoms with Gasteiger partial charge in [0.1, 0.15) is 15.0 Å².